The van der Waals surface area contributed by atoms with E-state index in [-0.39, 0.29) is 24.6 Å². The fraction of sp³-hybridized carbons (Fsp3) is 0.455. The zero-order valence-corrected chi connectivity index (χ0v) is 9.34. The summed E-state index contributed by atoms with van der Waals surface area (Å²) in [7, 11) is 0. The van der Waals surface area contributed by atoms with E-state index in [0.29, 0.717) is 0 Å². The Labute approximate surface area is 95.2 Å². The van der Waals surface area contributed by atoms with Crippen molar-refractivity contribution < 1.29 is 9.47 Å². The second-order valence-corrected chi connectivity index (χ2v) is 3.87. The van der Waals surface area contributed by atoms with E-state index >= 15 is 0 Å². The van der Waals surface area contributed by atoms with E-state index in [1.807, 2.05) is 25.1 Å². The maximum Gasteiger partial charge on any atom is 0.164 e. The summed E-state index contributed by atoms with van der Waals surface area (Å²) < 4.78 is 11.7. The summed E-state index contributed by atoms with van der Waals surface area (Å²) in [5.41, 5.74) is 1.15. The first-order valence-corrected chi connectivity index (χ1v) is 4.98. The van der Waals surface area contributed by atoms with Crippen LogP contribution < -0.4 is 14.8 Å². The number of nitrogens with one attached hydrogen (secondary N) is 1. The predicted molar refractivity (Wildman–Crippen MR) is 60.1 cm³/mol. The van der Waals surface area contributed by atoms with Gasteiger partial charge in [0, 0.05) is 13.1 Å². The number of hydrogen-bond donors (Lipinski definition) is 1. The van der Waals surface area contributed by atoms with Crippen molar-refractivity contribution in [2.45, 2.75) is 19.1 Å². The zero-order valence-electron chi connectivity index (χ0n) is 8.53. The summed E-state index contributed by atoms with van der Waals surface area (Å²) in [6, 6.07) is 6.02. The summed E-state index contributed by atoms with van der Waals surface area (Å²) in [5, 5.41) is 3.27. The van der Waals surface area contributed by atoms with E-state index in [1.54, 1.807) is 0 Å². The minimum absolute atomic E-state index is 0. The largest absolute Gasteiger partial charge is 0.481 e. The van der Waals surface area contributed by atoms with E-state index in [2.05, 4.69) is 5.32 Å². The van der Waals surface area contributed by atoms with Gasteiger partial charge in [-0.05, 0) is 18.6 Å². The molecule has 2 aliphatic rings. The second kappa shape index (κ2) is 3.91. The number of ether oxygens (including phenoxy) is 2. The van der Waals surface area contributed by atoms with Crippen LogP contribution in [0.4, 0.5) is 0 Å². The highest BCUT2D eigenvalue weighted by Gasteiger charge is 2.35. The fourth-order valence-corrected chi connectivity index (χ4v) is 2.05. The standard InChI is InChI=1S/C11H13NO2.ClH/c1-7-3-2-4-8-11(7)14-10-6-12-5-9(10)13-8;/h2-4,9-10,12H,5-6H2,1H3;1H/t9-,10-;/m0./s1. The smallest absolute Gasteiger partial charge is 0.164 e. The van der Waals surface area contributed by atoms with Gasteiger partial charge in [0.1, 0.15) is 12.2 Å². The summed E-state index contributed by atoms with van der Waals surface area (Å²) in [6.07, 6.45) is 0.368. The highest BCUT2D eigenvalue weighted by Crippen LogP contribution is 2.37. The second-order valence-electron chi connectivity index (χ2n) is 3.87. The van der Waals surface area contributed by atoms with Gasteiger partial charge in [-0.3, -0.25) is 0 Å². The molecule has 2 atom stereocenters. The number of benzene rings is 1. The van der Waals surface area contributed by atoms with Crippen LogP contribution in [0.25, 0.3) is 0 Å². The van der Waals surface area contributed by atoms with Gasteiger partial charge in [0.25, 0.3) is 0 Å². The molecule has 0 saturated carbocycles. The molecule has 0 unspecified atom stereocenters. The quantitative estimate of drug-likeness (QED) is 0.729. The number of aryl methyl sites for hydroxylation is 1. The van der Waals surface area contributed by atoms with Crippen molar-refractivity contribution in [3.05, 3.63) is 23.8 Å². The van der Waals surface area contributed by atoms with Crippen molar-refractivity contribution in [3.63, 3.8) is 0 Å². The first kappa shape index (κ1) is 10.6. The molecule has 0 aromatic heterocycles. The van der Waals surface area contributed by atoms with Gasteiger partial charge in [-0.1, -0.05) is 12.1 Å². The van der Waals surface area contributed by atoms with Crippen LogP contribution in [0.5, 0.6) is 11.5 Å². The van der Waals surface area contributed by atoms with Crippen LogP contribution in [-0.2, 0) is 0 Å². The topological polar surface area (TPSA) is 30.5 Å². The van der Waals surface area contributed by atoms with Crippen molar-refractivity contribution in [3.8, 4) is 11.5 Å². The minimum atomic E-state index is 0. The number of halogens is 1. The molecule has 1 N–H and O–H groups in total. The highest BCUT2D eigenvalue weighted by molar-refractivity contribution is 5.85. The Morgan fingerprint density at radius 1 is 1.20 bits per heavy atom. The van der Waals surface area contributed by atoms with Gasteiger partial charge >= 0.3 is 0 Å². The molecule has 3 nitrogen and oxygen atoms in total. The van der Waals surface area contributed by atoms with Crippen LogP contribution in [0.1, 0.15) is 5.56 Å². The summed E-state index contributed by atoms with van der Waals surface area (Å²) in [6.45, 7) is 3.82. The van der Waals surface area contributed by atoms with Crippen molar-refractivity contribution in [2.24, 2.45) is 0 Å². The fourth-order valence-electron chi connectivity index (χ4n) is 2.05. The summed E-state index contributed by atoms with van der Waals surface area (Å²) in [4.78, 5) is 0. The number of rotatable bonds is 0. The molecule has 1 aromatic rings. The number of para-hydroxylation sites is 1. The molecule has 2 heterocycles. The molecular formula is C11H14ClNO2. The van der Waals surface area contributed by atoms with Crippen molar-refractivity contribution in [1.82, 2.24) is 5.32 Å². The molecule has 2 aliphatic heterocycles. The average Bonchev–Trinajstić information content (AvgIpc) is 2.62. The Bertz CT molecular complexity index is 370. The first-order valence-electron chi connectivity index (χ1n) is 4.98. The minimum Gasteiger partial charge on any atom is -0.481 e. The van der Waals surface area contributed by atoms with Gasteiger partial charge in [0.05, 0.1) is 0 Å². The van der Waals surface area contributed by atoms with Gasteiger partial charge in [0.15, 0.2) is 11.5 Å². The lowest BCUT2D eigenvalue weighted by molar-refractivity contribution is 0.0545. The van der Waals surface area contributed by atoms with E-state index in [9.17, 15) is 0 Å². The van der Waals surface area contributed by atoms with Gasteiger partial charge in [0.2, 0.25) is 0 Å². The molecule has 4 heteroatoms. The molecule has 0 amide bonds. The summed E-state index contributed by atoms with van der Waals surface area (Å²) >= 11 is 0. The van der Waals surface area contributed by atoms with Crippen LogP contribution in [0.2, 0.25) is 0 Å². The van der Waals surface area contributed by atoms with E-state index in [0.717, 1.165) is 30.2 Å². The lowest BCUT2D eigenvalue weighted by atomic mass is 10.1. The van der Waals surface area contributed by atoms with Crippen LogP contribution in [-0.4, -0.2) is 25.3 Å². The molecule has 0 aliphatic carbocycles. The third kappa shape index (κ3) is 1.66. The monoisotopic (exact) mass is 227 g/mol. The molecular weight excluding hydrogens is 214 g/mol. The third-order valence-electron chi connectivity index (χ3n) is 2.83. The number of hydrogen-bond acceptors (Lipinski definition) is 3. The SMILES string of the molecule is Cc1cccc2c1O[C@H]1CNC[C@@H]1O2.Cl. The van der Waals surface area contributed by atoms with Gasteiger partial charge < -0.3 is 14.8 Å². The molecule has 15 heavy (non-hydrogen) atoms. The van der Waals surface area contributed by atoms with Crippen molar-refractivity contribution in [1.29, 1.82) is 0 Å². The lowest BCUT2D eigenvalue weighted by Gasteiger charge is -2.29. The van der Waals surface area contributed by atoms with Crippen molar-refractivity contribution >= 4 is 12.4 Å². The molecule has 82 valence electrons. The van der Waals surface area contributed by atoms with Crippen LogP contribution in [0.15, 0.2) is 18.2 Å². The van der Waals surface area contributed by atoms with Gasteiger partial charge in [-0.15, -0.1) is 12.4 Å². The molecule has 3 rings (SSSR count). The Hall–Kier alpha value is -0.930. The highest BCUT2D eigenvalue weighted by atomic mass is 35.5. The Morgan fingerprint density at radius 3 is 2.73 bits per heavy atom. The molecule has 1 fully saturated rings. The molecule has 0 bridgehead atoms. The molecule has 0 radical (unpaired) electrons. The Balaban J connectivity index is 0.000000853. The van der Waals surface area contributed by atoms with E-state index in [1.165, 1.54) is 0 Å². The first-order chi connectivity index (χ1) is 6.84. The van der Waals surface area contributed by atoms with Gasteiger partial charge in [-0.2, -0.15) is 0 Å². The average molecular weight is 228 g/mol. The molecule has 1 saturated heterocycles. The molecule has 0 spiro atoms. The van der Waals surface area contributed by atoms with Crippen LogP contribution in [0, 0.1) is 6.92 Å². The predicted octanol–water partition coefficient (Wildman–Crippen LogP) is 1.53. The van der Waals surface area contributed by atoms with Crippen molar-refractivity contribution in [2.75, 3.05) is 13.1 Å². The Kier molecular flexibility index (Phi) is 2.76. The summed E-state index contributed by atoms with van der Waals surface area (Å²) in [5.74, 6) is 1.80. The third-order valence-corrected chi connectivity index (χ3v) is 2.83. The molecule has 1 aromatic carbocycles. The maximum absolute atomic E-state index is 5.90. The lowest BCUT2D eigenvalue weighted by Crippen LogP contribution is -2.38. The number of fused-ring (bicyclic) bond motifs is 2. The van der Waals surface area contributed by atoms with Crippen LogP contribution >= 0.6 is 12.4 Å². The van der Waals surface area contributed by atoms with E-state index in [4.69, 9.17) is 9.47 Å². The van der Waals surface area contributed by atoms with Gasteiger partial charge in [-0.25, -0.2) is 0 Å². The Morgan fingerprint density at radius 2 is 1.93 bits per heavy atom. The normalized spacial score (nSPS) is 26.7. The van der Waals surface area contributed by atoms with E-state index < -0.39 is 0 Å². The van der Waals surface area contributed by atoms with Crippen LogP contribution in [0.3, 0.4) is 0 Å². The maximum atomic E-state index is 5.90. The zero-order chi connectivity index (χ0) is 9.54.